The van der Waals surface area contributed by atoms with Gasteiger partial charge in [-0.3, -0.25) is 9.97 Å². The van der Waals surface area contributed by atoms with Crippen LogP contribution in [0, 0.1) is 0 Å². The number of nitrogens with one attached hydrogen (secondary N) is 1. The molecule has 0 saturated heterocycles. The molecule has 21 heavy (non-hydrogen) atoms. The fourth-order valence-electron chi connectivity index (χ4n) is 2.37. The van der Waals surface area contributed by atoms with Gasteiger partial charge in [-0.1, -0.05) is 17.7 Å². The molecular formula is C17H16ClN3. The average Bonchev–Trinajstić information content (AvgIpc) is 2.55. The lowest BCUT2D eigenvalue weighted by Crippen LogP contribution is -2.18. The number of hydrogen-bond donors (Lipinski definition) is 1. The zero-order valence-electron chi connectivity index (χ0n) is 11.8. The first kappa shape index (κ1) is 14.0. The maximum atomic E-state index is 6.22. The number of fused-ring (bicyclic) bond motifs is 1. The van der Waals surface area contributed by atoms with Gasteiger partial charge in [-0.05, 0) is 48.4 Å². The van der Waals surface area contributed by atoms with Gasteiger partial charge in [0.25, 0.3) is 0 Å². The van der Waals surface area contributed by atoms with E-state index in [4.69, 9.17) is 11.6 Å². The molecule has 1 atom stereocenters. The molecule has 0 bridgehead atoms. The predicted molar refractivity (Wildman–Crippen MR) is 86.2 cm³/mol. The Hall–Kier alpha value is -1.97. The molecule has 1 unspecified atom stereocenters. The Kier molecular flexibility index (Phi) is 4.13. The van der Waals surface area contributed by atoms with Crippen molar-refractivity contribution in [2.24, 2.45) is 0 Å². The Bertz CT molecular complexity index is 743. The molecule has 0 aliphatic rings. The maximum Gasteiger partial charge on any atom is 0.0761 e. The van der Waals surface area contributed by atoms with E-state index in [0.29, 0.717) is 0 Å². The van der Waals surface area contributed by atoms with Gasteiger partial charge in [-0.2, -0.15) is 0 Å². The molecule has 0 saturated carbocycles. The molecular weight excluding hydrogens is 282 g/mol. The Morgan fingerprint density at radius 1 is 1.10 bits per heavy atom. The first-order valence-electron chi connectivity index (χ1n) is 6.91. The first-order chi connectivity index (χ1) is 10.3. The second-order valence-corrected chi connectivity index (χ2v) is 5.40. The second kappa shape index (κ2) is 6.20. The monoisotopic (exact) mass is 297 g/mol. The number of nitrogens with zero attached hydrogens (tertiary/aromatic N) is 2. The van der Waals surface area contributed by atoms with Gasteiger partial charge in [0.05, 0.1) is 5.52 Å². The summed E-state index contributed by atoms with van der Waals surface area (Å²) in [5.74, 6) is 0. The summed E-state index contributed by atoms with van der Waals surface area (Å²) >= 11 is 6.22. The number of aromatic nitrogens is 2. The lowest BCUT2D eigenvalue weighted by Gasteiger charge is -2.15. The van der Waals surface area contributed by atoms with Crippen LogP contribution in [0.4, 0.5) is 0 Å². The van der Waals surface area contributed by atoms with Gasteiger partial charge in [0.15, 0.2) is 0 Å². The van der Waals surface area contributed by atoms with Crippen molar-refractivity contribution in [1.29, 1.82) is 0 Å². The van der Waals surface area contributed by atoms with Crippen molar-refractivity contribution in [3.63, 3.8) is 0 Å². The van der Waals surface area contributed by atoms with Crippen molar-refractivity contribution in [1.82, 2.24) is 15.3 Å². The first-order valence-corrected chi connectivity index (χ1v) is 7.29. The molecule has 3 rings (SSSR count). The van der Waals surface area contributed by atoms with Crippen LogP contribution >= 0.6 is 11.6 Å². The standard InChI is InChI=1S/C17H16ClN3/c1-12(13-6-9-19-10-7-13)21-11-14-4-5-16(18)15-3-2-8-20-17(14)15/h2-10,12,21H,11H2,1H3. The number of rotatable bonds is 4. The van der Waals surface area contributed by atoms with E-state index in [1.165, 1.54) is 5.56 Å². The highest BCUT2D eigenvalue weighted by molar-refractivity contribution is 6.35. The van der Waals surface area contributed by atoms with Crippen molar-refractivity contribution in [3.05, 3.63) is 71.1 Å². The van der Waals surface area contributed by atoms with E-state index < -0.39 is 0 Å². The molecule has 0 fully saturated rings. The fourth-order valence-corrected chi connectivity index (χ4v) is 2.59. The maximum absolute atomic E-state index is 6.22. The topological polar surface area (TPSA) is 37.8 Å². The summed E-state index contributed by atoms with van der Waals surface area (Å²) in [6.45, 7) is 2.88. The molecule has 0 spiro atoms. The van der Waals surface area contributed by atoms with Crippen molar-refractivity contribution in [2.75, 3.05) is 0 Å². The zero-order chi connectivity index (χ0) is 14.7. The molecule has 1 aromatic carbocycles. The average molecular weight is 298 g/mol. The van der Waals surface area contributed by atoms with Gasteiger partial charge in [0, 0.05) is 41.6 Å². The second-order valence-electron chi connectivity index (χ2n) is 4.99. The van der Waals surface area contributed by atoms with E-state index in [9.17, 15) is 0 Å². The van der Waals surface area contributed by atoms with Crippen LogP contribution in [-0.4, -0.2) is 9.97 Å². The molecule has 3 aromatic rings. The summed E-state index contributed by atoms with van der Waals surface area (Å²) < 4.78 is 0. The third-order valence-corrected chi connectivity index (χ3v) is 3.93. The summed E-state index contributed by atoms with van der Waals surface area (Å²) in [4.78, 5) is 8.50. The van der Waals surface area contributed by atoms with Gasteiger partial charge in [-0.25, -0.2) is 0 Å². The van der Waals surface area contributed by atoms with Crippen LogP contribution in [0.25, 0.3) is 10.9 Å². The van der Waals surface area contributed by atoms with Crippen LogP contribution < -0.4 is 5.32 Å². The summed E-state index contributed by atoms with van der Waals surface area (Å²) in [6, 6.07) is 12.2. The van der Waals surface area contributed by atoms with Gasteiger partial charge >= 0.3 is 0 Å². The summed E-state index contributed by atoms with van der Waals surface area (Å²) in [5, 5.41) is 5.25. The smallest absolute Gasteiger partial charge is 0.0761 e. The fraction of sp³-hybridized carbons (Fsp3) is 0.176. The lowest BCUT2D eigenvalue weighted by molar-refractivity contribution is 0.575. The van der Waals surface area contributed by atoms with Crippen molar-refractivity contribution >= 4 is 22.5 Å². The summed E-state index contributed by atoms with van der Waals surface area (Å²) in [5.41, 5.74) is 3.33. The highest BCUT2D eigenvalue weighted by Crippen LogP contribution is 2.25. The normalized spacial score (nSPS) is 12.5. The van der Waals surface area contributed by atoms with Crippen LogP contribution in [0.5, 0.6) is 0 Å². The Balaban J connectivity index is 1.81. The highest BCUT2D eigenvalue weighted by atomic mass is 35.5. The van der Waals surface area contributed by atoms with Crippen LogP contribution in [0.3, 0.4) is 0 Å². The van der Waals surface area contributed by atoms with Crippen LogP contribution in [0.2, 0.25) is 5.02 Å². The Morgan fingerprint density at radius 2 is 1.90 bits per heavy atom. The molecule has 0 aliphatic heterocycles. The van der Waals surface area contributed by atoms with E-state index in [1.54, 1.807) is 6.20 Å². The summed E-state index contributed by atoms with van der Waals surface area (Å²) in [7, 11) is 0. The molecule has 0 radical (unpaired) electrons. The van der Waals surface area contributed by atoms with Gasteiger partial charge < -0.3 is 5.32 Å². The minimum absolute atomic E-state index is 0.252. The molecule has 0 aliphatic carbocycles. The molecule has 1 N–H and O–H groups in total. The predicted octanol–water partition coefficient (Wildman–Crippen LogP) is 4.13. The molecule has 106 valence electrons. The van der Waals surface area contributed by atoms with E-state index in [-0.39, 0.29) is 6.04 Å². The van der Waals surface area contributed by atoms with Crippen molar-refractivity contribution in [2.45, 2.75) is 19.5 Å². The number of pyridine rings is 2. The molecule has 2 heterocycles. The third-order valence-electron chi connectivity index (χ3n) is 3.60. The van der Waals surface area contributed by atoms with E-state index in [1.807, 2.05) is 48.8 Å². The quantitative estimate of drug-likeness (QED) is 0.786. The molecule has 3 nitrogen and oxygen atoms in total. The lowest BCUT2D eigenvalue weighted by atomic mass is 10.1. The van der Waals surface area contributed by atoms with Crippen molar-refractivity contribution in [3.8, 4) is 0 Å². The van der Waals surface area contributed by atoms with Crippen LogP contribution in [0.15, 0.2) is 55.0 Å². The summed E-state index contributed by atoms with van der Waals surface area (Å²) in [6.07, 6.45) is 5.42. The van der Waals surface area contributed by atoms with Gasteiger partial charge in [0.1, 0.15) is 0 Å². The Morgan fingerprint density at radius 3 is 2.71 bits per heavy atom. The number of halogens is 1. The van der Waals surface area contributed by atoms with Gasteiger partial charge in [-0.15, -0.1) is 0 Å². The Labute approximate surface area is 129 Å². The number of hydrogen-bond acceptors (Lipinski definition) is 3. The van der Waals surface area contributed by atoms with E-state index in [0.717, 1.165) is 28.0 Å². The third kappa shape index (κ3) is 3.04. The minimum Gasteiger partial charge on any atom is -0.306 e. The minimum atomic E-state index is 0.252. The van der Waals surface area contributed by atoms with Gasteiger partial charge in [0.2, 0.25) is 0 Å². The van der Waals surface area contributed by atoms with E-state index in [2.05, 4.69) is 22.2 Å². The SMILES string of the molecule is CC(NCc1ccc(Cl)c2cccnc12)c1ccncc1. The highest BCUT2D eigenvalue weighted by Gasteiger charge is 2.08. The molecule has 2 aromatic heterocycles. The van der Waals surface area contributed by atoms with Crippen LogP contribution in [0.1, 0.15) is 24.1 Å². The zero-order valence-corrected chi connectivity index (χ0v) is 12.5. The number of benzene rings is 1. The molecule has 0 amide bonds. The van der Waals surface area contributed by atoms with E-state index >= 15 is 0 Å². The largest absolute Gasteiger partial charge is 0.306 e. The molecule has 4 heteroatoms. The van der Waals surface area contributed by atoms with Crippen LogP contribution in [-0.2, 0) is 6.54 Å². The van der Waals surface area contributed by atoms with Crippen molar-refractivity contribution < 1.29 is 0 Å².